The fourth-order valence-electron chi connectivity index (χ4n) is 1.74. The summed E-state index contributed by atoms with van der Waals surface area (Å²) in [6.07, 6.45) is 5.80. The van der Waals surface area contributed by atoms with Crippen molar-refractivity contribution in [2.45, 2.75) is 12.8 Å². The van der Waals surface area contributed by atoms with Crippen LogP contribution in [0.5, 0.6) is 0 Å². The van der Waals surface area contributed by atoms with Crippen molar-refractivity contribution < 1.29 is 14.1 Å². The third-order valence-electron chi connectivity index (χ3n) is 2.56. The highest BCUT2D eigenvalue weighted by Gasteiger charge is 2.24. The molecule has 2 heterocycles. The summed E-state index contributed by atoms with van der Waals surface area (Å²) in [4.78, 5) is 13.2. The Balaban J connectivity index is 1.82. The highest BCUT2D eigenvalue weighted by atomic mass is 32.2. The van der Waals surface area contributed by atoms with E-state index in [1.165, 1.54) is 24.6 Å². The van der Waals surface area contributed by atoms with Crippen LogP contribution in [-0.4, -0.2) is 35.8 Å². The summed E-state index contributed by atoms with van der Waals surface area (Å²) in [5.74, 6) is 1.44. The van der Waals surface area contributed by atoms with E-state index >= 15 is 0 Å². The van der Waals surface area contributed by atoms with Crippen molar-refractivity contribution in [2.24, 2.45) is 0 Å². The Morgan fingerprint density at radius 1 is 1.67 bits per heavy atom. The van der Waals surface area contributed by atoms with E-state index in [1.54, 1.807) is 17.1 Å². The second kappa shape index (κ2) is 6.44. The number of carbonyl (C=O) groups is 1. The van der Waals surface area contributed by atoms with Gasteiger partial charge in [-0.05, 0) is 12.8 Å². The van der Waals surface area contributed by atoms with E-state index in [4.69, 9.17) is 4.52 Å². The highest BCUT2D eigenvalue weighted by Crippen LogP contribution is 2.06. The van der Waals surface area contributed by atoms with Crippen LogP contribution < -0.4 is 15.1 Å². The van der Waals surface area contributed by atoms with Crippen molar-refractivity contribution in [3.8, 4) is 0 Å². The van der Waals surface area contributed by atoms with Gasteiger partial charge in [0.05, 0.1) is 23.6 Å². The number of hydrogen-bond acceptors (Lipinski definition) is 5. The molecule has 1 saturated heterocycles. The summed E-state index contributed by atoms with van der Waals surface area (Å²) >= 11 is 1.50. The molecule has 0 unspecified atom stereocenters. The number of nitrogens with one attached hydrogen (secondary N) is 1. The van der Waals surface area contributed by atoms with Crippen molar-refractivity contribution in [1.29, 1.82) is 0 Å². The largest absolute Gasteiger partial charge is 0.305 e. The van der Waals surface area contributed by atoms with Crippen LogP contribution in [0.2, 0.25) is 0 Å². The molecule has 1 aliphatic rings. The van der Waals surface area contributed by atoms with Crippen LogP contribution in [0.4, 0.5) is 5.88 Å². The first-order chi connectivity index (χ1) is 8.79. The summed E-state index contributed by atoms with van der Waals surface area (Å²) in [5.41, 5.74) is 0. The van der Waals surface area contributed by atoms with Gasteiger partial charge in [0.2, 0.25) is 11.2 Å². The molecule has 98 valence electrons. The van der Waals surface area contributed by atoms with Crippen LogP contribution >= 0.6 is 11.8 Å². The lowest BCUT2D eigenvalue weighted by Gasteiger charge is -2.01. The lowest BCUT2D eigenvalue weighted by atomic mass is 10.4. The van der Waals surface area contributed by atoms with Gasteiger partial charge in [0.1, 0.15) is 0 Å². The molecule has 1 N–H and O–H groups in total. The Hall–Kier alpha value is -1.50. The van der Waals surface area contributed by atoms with Crippen LogP contribution in [0.3, 0.4) is 0 Å². The molecule has 0 bridgehead atoms. The summed E-state index contributed by atoms with van der Waals surface area (Å²) in [6.45, 7) is 5.54. The van der Waals surface area contributed by atoms with Gasteiger partial charge >= 0.3 is 5.88 Å². The predicted octanol–water partition coefficient (Wildman–Crippen LogP) is 0.552. The molecule has 6 nitrogen and oxygen atoms in total. The Kier molecular flexibility index (Phi) is 4.63. The van der Waals surface area contributed by atoms with Crippen LogP contribution in [0, 0.1) is 0 Å². The van der Waals surface area contributed by atoms with E-state index in [9.17, 15) is 4.79 Å². The van der Waals surface area contributed by atoms with Gasteiger partial charge in [-0.15, -0.1) is 18.3 Å². The Labute approximate surface area is 110 Å². The maximum Gasteiger partial charge on any atom is 0.305 e. The molecule has 1 amide bonds. The van der Waals surface area contributed by atoms with Gasteiger partial charge < -0.3 is 0 Å². The van der Waals surface area contributed by atoms with E-state index in [-0.39, 0.29) is 5.91 Å². The first kappa shape index (κ1) is 12.9. The van der Waals surface area contributed by atoms with E-state index in [2.05, 4.69) is 22.2 Å². The Bertz CT molecular complexity index is 415. The standard InChI is InChI=1S/C11H16N4O2S/c1-2-7-18-9-10(16)12-11-8-15(13-17-11)14-5-3-4-6-14/h2,8H,1,3-7,9H2/p+1. The number of thioether (sulfide) groups is 1. The predicted molar refractivity (Wildman–Crippen MR) is 70.0 cm³/mol. The summed E-state index contributed by atoms with van der Waals surface area (Å²) in [7, 11) is 0. The Morgan fingerprint density at radius 3 is 3.17 bits per heavy atom. The number of carbonyl (C=O) groups excluding carboxylic acids is 1. The average Bonchev–Trinajstić information content (AvgIpc) is 2.98. The first-order valence-corrected chi connectivity index (χ1v) is 7.07. The molecule has 0 radical (unpaired) electrons. The molecule has 7 heteroatoms. The number of anilines is 1. The third-order valence-corrected chi connectivity index (χ3v) is 3.50. The molecule has 0 spiro atoms. The SMILES string of the molecule is C=CCSCC(=O)Nc1c[n+](N2CCCC2)no1. The minimum Gasteiger partial charge on any atom is -0.288 e. The third kappa shape index (κ3) is 3.49. The van der Waals surface area contributed by atoms with Crippen molar-refractivity contribution >= 4 is 23.6 Å². The molecular weight excluding hydrogens is 252 g/mol. The maximum atomic E-state index is 11.5. The lowest BCUT2D eigenvalue weighted by Crippen LogP contribution is -2.57. The van der Waals surface area contributed by atoms with Crippen molar-refractivity contribution in [3.63, 3.8) is 0 Å². The Morgan fingerprint density at radius 2 is 2.44 bits per heavy atom. The summed E-state index contributed by atoms with van der Waals surface area (Å²) in [6, 6.07) is 0. The van der Waals surface area contributed by atoms with Gasteiger partial charge in [-0.2, -0.15) is 5.01 Å². The minimum atomic E-state index is -0.0911. The van der Waals surface area contributed by atoms with Crippen molar-refractivity contribution in [3.05, 3.63) is 18.9 Å². The molecule has 18 heavy (non-hydrogen) atoms. The second-order valence-electron chi connectivity index (χ2n) is 4.00. The zero-order valence-corrected chi connectivity index (χ0v) is 11.0. The molecule has 0 aromatic carbocycles. The molecule has 1 aromatic heterocycles. The lowest BCUT2D eigenvalue weighted by molar-refractivity contribution is -0.756. The van der Waals surface area contributed by atoms with Gasteiger partial charge in [0.15, 0.2) is 0 Å². The van der Waals surface area contributed by atoms with Crippen LogP contribution in [-0.2, 0) is 4.79 Å². The topological polar surface area (TPSA) is 62.3 Å². The maximum absolute atomic E-state index is 11.5. The van der Waals surface area contributed by atoms with E-state index < -0.39 is 0 Å². The highest BCUT2D eigenvalue weighted by molar-refractivity contribution is 8.00. The number of aromatic nitrogens is 2. The molecule has 1 aliphatic heterocycles. The van der Waals surface area contributed by atoms with E-state index in [0.29, 0.717) is 11.6 Å². The fourth-order valence-corrected chi connectivity index (χ4v) is 2.28. The first-order valence-electron chi connectivity index (χ1n) is 5.92. The van der Waals surface area contributed by atoms with Crippen LogP contribution in [0.25, 0.3) is 0 Å². The van der Waals surface area contributed by atoms with Gasteiger partial charge in [-0.25, -0.2) is 0 Å². The number of nitrogens with zero attached hydrogens (tertiary/aromatic N) is 3. The minimum absolute atomic E-state index is 0.0911. The smallest absolute Gasteiger partial charge is 0.288 e. The fraction of sp³-hybridized carbons (Fsp3) is 0.545. The molecule has 2 rings (SSSR count). The van der Waals surface area contributed by atoms with Crippen LogP contribution in [0.1, 0.15) is 12.8 Å². The van der Waals surface area contributed by atoms with E-state index in [0.717, 1.165) is 18.8 Å². The quantitative estimate of drug-likeness (QED) is 0.464. The zero-order valence-electron chi connectivity index (χ0n) is 10.2. The summed E-state index contributed by atoms with van der Waals surface area (Å²) in [5, 5.41) is 8.63. The van der Waals surface area contributed by atoms with Gasteiger partial charge in [-0.1, -0.05) is 6.08 Å². The van der Waals surface area contributed by atoms with Gasteiger partial charge in [0, 0.05) is 5.75 Å². The number of amides is 1. The molecule has 1 fully saturated rings. The van der Waals surface area contributed by atoms with Gasteiger partial charge in [0.25, 0.3) is 6.20 Å². The monoisotopic (exact) mass is 269 g/mol. The molecule has 0 saturated carbocycles. The number of rotatable bonds is 6. The molecular formula is C11H17N4O2S+. The molecule has 0 atom stereocenters. The molecule has 0 aliphatic carbocycles. The molecule has 1 aromatic rings. The van der Waals surface area contributed by atoms with Crippen molar-refractivity contribution in [1.82, 2.24) is 5.27 Å². The zero-order chi connectivity index (χ0) is 12.8. The average molecular weight is 269 g/mol. The van der Waals surface area contributed by atoms with Gasteiger partial charge in [-0.3, -0.25) is 14.6 Å². The second-order valence-corrected chi connectivity index (χ2v) is 5.03. The number of hydrogen-bond donors (Lipinski definition) is 1. The van der Waals surface area contributed by atoms with Crippen molar-refractivity contribution in [2.75, 3.05) is 34.9 Å². The normalized spacial score (nSPS) is 14.8. The van der Waals surface area contributed by atoms with Crippen LogP contribution in [0.15, 0.2) is 23.4 Å². The summed E-state index contributed by atoms with van der Waals surface area (Å²) < 4.78 is 5.06. The van der Waals surface area contributed by atoms with E-state index in [1.807, 2.05) is 0 Å².